The Labute approximate surface area is 112 Å². The second-order valence-corrected chi connectivity index (χ2v) is 5.11. The summed E-state index contributed by atoms with van der Waals surface area (Å²) in [4.78, 5) is 0. The van der Waals surface area contributed by atoms with E-state index in [9.17, 15) is 0 Å². The van der Waals surface area contributed by atoms with Crippen LogP contribution in [0.25, 0.3) is 0 Å². The maximum atomic E-state index is 5.81. The average Bonchev–Trinajstić information content (AvgIpc) is 2.39. The largest absolute Gasteiger partial charge is 0.494 e. The first kappa shape index (κ1) is 15.0. The van der Waals surface area contributed by atoms with Gasteiger partial charge in [-0.1, -0.05) is 32.9 Å². The quantitative estimate of drug-likeness (QED) is 0.704. The number of ether oxygens (including phenoxy) is 1. The summed E-state index contributed by atoms with van der Waals surface area (Å²) in [6, 6.07) is 9.05. The van der Waals surface area contributed by atoms with E-state index in [1.165, 1.54) is 18.4 Å². The lowest BCUT2D eigenvalue weighted by Gasteiger charge is -2.14. The van der Waals surface area contributed by atoms with E-state index >= 15 is 0 Å². The van der Waals surface area contributed by atoms with E-state index < -0.39 is 0 Å². The molecule has 0 radical (unpaired) electrons. The van der Waals surface area contributed by atoms with Gasteiger partial charge >= 0.3 is 0 Å². The monoisotopic (exact) mass is 249 g/mol. The molecule has 1 aromatic carbocycles. The van der Waals surface area contributed by atoms with Crippen molar-refractivity contribution in [3.8, 4) is 5.75 Å². The molecule has 0 saturated carbocycles. The molecule has 1 atom stereocenters. The van der Waals surface area contributed by atoms with E-state index in [0.29, 0.717) is 12.0 Å². The minimum absolute atomic E-state index is 0.558. The highest BCUT2D eigenvalue weighted by Crippen LogP contribution is 2.20. The lowest BCUT2D eigenvalue weighted by molar-refractivity contribution is 0.296. The van der Waals surface area contributed by atoms with Crippen LogP contribution >= 0.6 is 0 Å². The zero-order valence-corrected chi connectivity index (χ0v) is 12.2. The minimum Gasteiger partial charge on any atom is -0.494 e. The summed E-state index contributed by atoms with van der Waals surface area (Å²) >= 11 is 0. The van der Waals surface area contributed by atoms with Gasteiger partial charge in [-0.2, -0.15) is 0 Å². The second-order valence-electron chi connectivity index (χ2n) is 5.11. The highest BCUT2D eigenvalue weighted by molar-refractivity contribution is 5.30. The number of nitrogens with one attached hydrogen (secondary N) is 1. The molecule has 2 nitrogen and oxygen atoms in total. The Morgan fingerprint density at radius 1 is 1.28 bits per heavy atom. The Bertz CT molecular complexity index is 332. The van der Waals surface area contributed by atoms with Crippen molar-refractivity contribution in [1.82, 2.24) is 5.32 Å². The molecule has 0 bridgehead atoms. The Balaban J connectivity index is 2.33. The van der Waals surface area contributed by atoms with Crippen molar-refractivity contribution in [2.75, 3.05) is 13.7 Å². The molecule has 1 N–H and O–H groups in total. The van der Waals surface area contributed by atoms with Crippen LogP contribution in [0.15, 0.2) is 24.3 Å². The summed E-state index contributed by atoms with van der Waals surface area (Å²) in [5, 5.41) is 3.32. The van der Waals surface area contributed by atoms with Crippen molar-refractivity contribution < 1.29 is 4.74 Å². The fourth-order valence-electron chi connectivity index (χ4n) is 2.04. The van der Waals surface area contributed by atoms with E-state index in [1.807, 2.05) is 13.1 Å². The fraction of sp³-hybridized carbons (Fsp3) is 0.625. The summed E-state index contributed by atoms with van der Waals surface area (Å²) in [5.41, 5.74) is 1.34. The van der Waals surface area contributed by atoms with Gasteiger partial charge in [-0.3, -0.25) is 0 Å². The van der Waals surface area contributed by atoms with Crippen LogP contribution in [0.2, 0.25) is 0 Å². The predicted molar refractivity (Wildman–Crippen MR) is 78.4 cm³/mol. The summed E-state index contributed by atoms with van der Waals surface area (Å²) in [5.74, 6) is 1.56. The van der Waals surface area contributed by atoms with Crippen LogP contribution in [0.1, 0.15) is 51.5 Å². The lowest BCUT2D eigenvalue weighted by atomic mass is 10.0. The number of benzene rings is 1. The Morgan fingerprint density at radius 3 is 2.67 bits per heavy atom. The molecule has 102 valence electrons. The minimum atomic E-state index is 0.558. The van der Waals surface area contributed by atoms with E-state index in [0.717, 1.165) is 18.8 Å². The highest BCUT2D eigenvalue weighted by atomic mass is 16.5. The van der Waals surface area contributed by atoms with Gasteiger partial charge in [-0.05, 0) is 49.9 Å². The molecule has 0 spiro atoms. The maximum Gasteiger partial charge on any atom is 0.119 e. The zero-order chi connectivity index (χ0) is 13.4. The topological polar surface area (TPSA) is 21.3 Å². The number of hydrogen-bond donors (Lipinski definition) is 1. The Hall–Kier alpha value is -1.02. The van der Waals surface area contributed by atoms with Gasteiger partial charge in [0.1, 0.15) is 5.75 Å². The van der Waals surface area contributed by atoms with Crippen LogP contribution in [0.3, 0.4) is 0 Å². The van der Waals surface area contributed by atoms with Crippen molar-refractivity contribution in [3.05, 3.63) is 29.8 Å². The first-order valence-corrected chi connectivity index (χ1v) is 7.07. The first-order valence-electron chi connectivity index (χ1n) is 7.07. The Kier molecular flexibility index (Phi) is 6.81. The van der Waals surface area contributed by atoms with Crippen LogP contribution in [0.5, 0.6) is 5.75 Å². The summed E-state index contributed by atoms with van der Waals surface area (Å²) in [6.07, 6.45) is 3.46. The molecule has 0 aliphatic carbocycles. The average molecular weight is 249 g/mol. The molecular formula is C16H27NO. The molecule has 1 aromatic rings. The molecule has 0 aliphatic rings. The molecule has 0 heterocycles. The third kappa shape index (κ3) is 5.09. The van der Waals surface area contributed by atoms with Gasteiger partial charge in [-0.15, -0.1) is 0 Å². The van der Waals surface area contributed by atoms with Gasteiger partial charge in [0.05, 0.1) is 6.61 Å². The summed E-state index contributed by atoms with van der Waals surface area (Å²) in [6.45, 7) is 7.43. The molecule has 0 amide bonds. The Morgan fingerprint density at radius 2 is 2.06 bits per heavy atom. The van der Waals surface area contributed by atoms with Crippen molar-refractivity contribution in [3.63, 3.8) is 0 Å². The molecule has 2 heteroatoms. The molecule has 1 unspecified atom stereocenters. The molecule has 0 aliphatic heterocycles. The van der Waals surface area contributed by atoms with Crippen molar-refractivity contribution in [1.29, 1.82) is 0 Å². The highest BCUT2D eigenvalue weighted by Gasteiger charge is 2.03. The second kappa shape index (κ2) is 8.15. The van der Waals surface area contributed by atoms with E-state index in [2.05, 4.69) is 44.3 Å². The van der Waals surface area contributed by atoms with Gasteiger partial charge in [0.25, 0.3) is 0 Å². The standard InChI is InChI=1S/C16H27NO/c1-5-15(17-4)9-7-11-18-16-10-6-8-14(12-16)13(2)3/h6,8,10,12-13,15,17H,5,7,9,11H2,1-4H3. The van der Waals surface area contributed by atoms with E-state index in [1.54, 1.807) is 0 Å². The first-order chi connectivity index (χ1) is 8.67. The van der Waals surface area contributed by atoms with Gasteiger partial charge in [0, 0.05) is 6.04 Å². The smallest absolute Gasteiger partial charge is 0.119 e. The molecule has 0 saturated heterocycles. The molecule has 1 rings (SSSR count). The zero-order valence-electron chi connectivity index (χ0n) is 12.2. The number of rotatable bonds is 8. The van der Waals surface area contributed by atoms with Gasteiger partial charge < -0.3 is 10.1 Å². The molecule has 0 fully saturated rings. The normalized spacial score (nSPS) is 12.7. The number of hydrogen-bond acceptors (Lipinski definition) is 2. The van der Waals surface area contributed by atoms with E-state index in [-0.39, 0.29) is 0 Å². The predicted octanol–water partition coefficient (Wildman–Crippen LogP) is 3.97. The fourth-order valence-corrected chi connectivity index (χ4v) is 2.04. The van der Waals surface area contributed by atoms with Crippen molar-refractivity contribution in [2.45, 2.75) is 52.0 Å². The molecule has 0 aromatic heterocycles. The maximum absolute atomic E-state index is 5.81. The SMILES string of the molecule is CCC(CCCOc1cccc(C(C)C)c1)NC. The van der Waals surface area contributed by atoms with Crippen LogP contribution in [0.4, 0.5) is 0 Å². The third-order valence-electron chi connectivity index (χ3n) is 3.39. The molecular weight excluding hydrogens is 222 g/mol. The van der Waals surface area contributed by atoms with Crippen LogP contribution in [0, 0.1) is 0 Å². The molecule has 18 heavy (non-hydrogen) atoms. The van der Waals surface area contributed by atoms with E-state index in [4.69, 9.17) is 4.74 Å². The van der Waals surface area contributed by atoms with Crippen LogP contribution in [-0.4, -0.2) is 19.7 Å². The van der Waals surface area contributed by atoms with Gasteiger partial charge in [0.2, 0.25) is 0 Å². The van der Waals surface area contributed by atoms with Crippen LogP contribution < -0.4 is 10.1 Å². The summed E-state index contributed by atoms with van der Waals surface area (Å²) < 4.78 is 5.81. The third-order valence-corrected chi connectivity index (χ3v) is 3.39. The van der Waals surface area contributed by atoms with Crippen molar-refractivity contribution in [2.24, 2.45) is 0 Å². The summed E-state index contributed by atoms with van der Waals surface area (Å²) in [7, 11) is 2.03. The van der Waals surface area contributed by atoms with Crippen molar-refractivity contribution >= 4 is 0 Å². The lowest BCUT2D eigenvalue weighted by Crippen LogP contribution is -2.24. The van der Waals surface area contributed by atoms with Gasteiger partial charge in [-0.25, -0.2) is 0 Å². The van der Waals surface area contributed by atoms with Crippen LogP contribution in [-0.2, 0) is 0 Å². The van der Waals surface area contributed by atoms with Gasteiger partial charge in [0.15, 0.2) is 0 Å².